The van der Waals surface area contributed by atoms with E-state index in [1.807, 2.05) is 0 Å². The fourth-order valence-electron chi connectivity index (χ4n) is 1.25. The van der Waals surface area contributed by atoms with Gasteiger partial charge in [-0.2, -0.15) is 13.2 Å². The molecular formula is C14H16F3NO2. The Bertz CT molecular complexity index is 618. The molecule has 0 bridgehead atoms. The van der Waals surface area contributed by atoms with Crippen molar-refractivity contribution in [2.24, 2.45) is 11.7 Å². The van der Waals surface area contributed by atoms with Gasteiger partial charge in [0.2, 0.25) is 0 Å². The zero-order valence-corrected chi connectivity index (χ0v) is 11.2. The molecule has 2 rings (SSSR count). The lowest BCUT2D eigenvalue weighted by Gasteiger charge is -2.06. The summed E-state index contributed by atoms with van der Waals surface area (Å²) in [6.07, 6.45) is -4.38. The lowest BCUT2D eigenvalue weighted by Crippen LogP contribution is -2.05. The van der Waals surface area contributed by atoms with E-state index in [-0.39, 0.29) is 11.0 Å². The summed E-state index contributed by atoms with van der Waals surface area (Å²) in [5.41, 5.74) is 3.98. The fourth-order valence-corrected chi connectivity index (χ4v) is 1.25. The van der Waals surface area contributed by atoms with Gasteiger partial charge in [-0.3, -0.25) is 0 Å². The largest absolute Gasteiger partial charge is 0.423 e. The minimum absolute atomic E-state index is 0.149. The van der Waals surface area contributed by atoms with Crippen LogP contribution in [0.1, 0.15) is 19.4 Å². The number of rotatable bonds is 1. The Morgan fingerprint density at radius 3 is 2.30 bits per heavy atom. The minimum atomic E-state index is -4.38. The summed E-state index contributed by atoms with van der Waals surface area (Å²) >= 11 is 0. The van der Waals surface area contributed by atoms with Gasteiger partial charge in [0.05, 0.1) is 5.56 Å². The molecule has 0 unspecified atom stereocenters. The van der Waals surface area contributed by atoms with Crippen LogP contribution in [0.25, 0.3) is 11.0 Å². The van der Waals surface area contributed by atoms with Crippen molar-refractivity contribution in [3.8, 4) is 0 Å². The summed E-state index contributed by atoms with van der Waals surface area (Å²) in [4.78, 5) is 10.8. The summed E-state index contributed by atoms with van der Waals surface area (Å²) < 4.78 is 41.6. The second kappa shape index (κ2) is 6.56. The van der Waals surface area contributed by atoms with Crippen LogP contribution in [0.4, 0.5) is 13.2 Å². The Labute approximate surface area is 114 Å². The molecule has 20 heavy (non-hydrogen) atoms. The number of halogens is 3. The lowest BCUT2D eigenvalue weighted by atomic mass is 10.1. The van der Waals surface area contributed by atoms with Crippen LogP contribution in [-0.4, -0.2) is 6.54 Å². The lowest BCUT2D eigenvalue weighted by molar-refractivity contribution is -0.137. The van der Waals surface area contributed by atoms with E-state index in [9.17, 15) is 18.0 Å². The monoisotopic (exact) mass is 287 g/mol. The highest BCUT2D eigenvalue weighted by Crippen LogP contribution is 2.30. The van der Waals surface area contributed by atoms with Gasteiger partial charge in [0.1, 0.15) is 5.58 Å². The maximum atomic E-state index is 12.3. The normalized spacial score (nSPS) is 11.3. The highest BCUT2D eigenvalue weighted by Gasteiger charge is 2.30. The molecule has 0 radical (unpaired) electrons. The van der Waals surface area contributed by atoms with Gasteiger partial charge < -0.3 is 10.2 Å². The standard InChI is InChI=1S/C10H5F3O2.C4H11N/c11-10(12,13)7-2-3-8-6(5-7)1-4-9(14)15-8;1-4(2)3-5/h1-5H;4H,3,5H2,1-2H3. The van der Waals surface area contributed by atoms with Gasteiger partial charge in [-0.25, -0.2) is 4.79 Å². The molecule has 1 aromatic carbocycles. The second-order valence-electron chi connectivity index (χ2n) is 4.63. The predicted molar refractivity (Wildman–Crippen MR) is 71.4 cm³/mol. The summed E-state index contributed by atoms with van der Waals surface area (Å²) in [5, 5.41) is 0.254. The molecule has 1 heterocycles. The van der Waals surface area contributed by atoms with Crippen molar-refractivity contribution in [3.63, 3.8) is 0 Å². The Balaban J connectivity index is 0.000000347. The molecule has 0 saturated carbocycles. The van der Waals surface area contributed by atoms with Gasteiger partial charge in [0.15, 0.2) is 0 Å². The first-order chi connectivity index (χ1) is 9.24. The zero-order valence-electron chi connectivity index (χ0n) is 11.2. The quantitative estimate of drug-likeness (QED) is 0.818. The summed E-state index contributed by atoms with van der Waals surface area (Å²) in [6.45, 7) is 5.00. The van der Waals surface area contributed by atoms with Crippen molar-refractivity contribution in [1.29, 1.82) is 0 Å². The van der Waals surface area contributed by atoms with Crippen molar-refractivity contribution in [2.45, 2.75) is 20.0 Å². The van der Waals surface area contributed by atoms with Gasteiger partial charge in [-0.15, -0.1) is 0 Å². The van der Waals surface area contributed by atoms with Crippen LogP contribution in [0, 0.1) is 5.92 Å². The molecule has 0 aliphatic rings. The number of alkyl halides is 3. The Morgan fingerprint density at radius 1 is 1.20 bits per heavy atom. The molecule has 0 saturated heterocycles. The molecule has 110 valence electrons. The third kappa shape index (κ3) is 4.70. The van der Waals surface area contributed by atoms with E-state index in [0.717, 1.165) is 30.8 Å². The molecule has 0 amide bonds. The highest BCUT2D eigenvalue weighted by atomic mass is 19.4. The molecular weight excluding hydrogens is 271 g/mol. The SMILES string of the molecule is CC(C)CN.O=c1ccc2cc(C(F)(F)F)ccc2o1. The maximum absolute atomic E-state index is 12.3. The van der Waals surface area contributed by atoms with Crippen LogP contribution >= 0.6 is 0 Å². The first kappa shape index (κ1) is 16.2. The topological polar surface area (TPSA) is 56.2 Å². The van der Waals surface area contributed by atoms with Gasteiger partial charge in [-0.1, -0.05) is 13.8 Å². The Hall–Kier alpha value is -1.82. The molecule has 0 spiro atoms. The third-order valence-corrected chi connectivity index (χ3v) is 2.42. The van der Waals surface area contributed by atoms with E-state index in [1.54, 1.807) is 0 Å². The Kier molecular flexibility index (Phi) is 5.33. The number of hydrogen-bond acceptors (Lipinski definition) is 3. The van der Waals surface area contributed by atoms with Crippen LogP contribution in [-0.2, 0) is 6.18 Å². The van der Waals surface area contributed by atoms with Crippen LogP contribution in [0.2, 0.25) is 0 Å². The predicted octanol–water partition coefficient (Wildman–Crippen LogP) is 3.41. The maximum Gasteiger partial charge on any atom is 0.416 e. The van der Waals surface area contributed by atoms with E-state index in [2.05, 4.69) is 13.8 Å². The number of nitrogens with two attached hydrogens (primary N) is 1. The van der Waals surface area contributed by atoms with Crippen molar-refractivity contribution in [1.82, 2.24) is 0 Å². The van der Waals surface area contributed by atoms with Crippen LogP contribution in [0.5, 0.6) is 0 Å². The van der Waals surface area contributed by atoms with Gasteiger partial charge >= 0.3 is 11.8 Å². The first-order valence-corrected chi connectivity index (χ1v) is 6.05. The fraction of sp³-hybridized carbons (Fsp3) is 0.357. The second-order valence-corrected chi connectivity index (χ2v) is 4.63. The van der Waals surface area contributed by atoms with Gasteiger partial charge in [0, 0.05) is 11.5 Å². The van der Waals surface area contributed by atoms with Crippen molar-refractivity contribution >= 4 is 11.0 Å². The molecule has 3 nitrogen and oxygen atoms in total. The third-order valence-electron chi connectivity index (χ3n) is 2.42. The van der Waals surface area contributed by atoms with Crippen LogP contribution in [0.3, 0.4) is 0 Å². The molecule has 0 atom stereocenters. The molecule has 2 aromatic rings. The summed E-state index contributed by atoms with van der Waals surface area (Å²) in [5.74, 6) is 0.662. The van der Waals surface area contributed by atoms with E-state index >= 15 is 0 Å². The van der Waals surface area contributed by atoms with E-state index in [1.165, 1.54) is 6.07 Å². The first-order valence-electron chi connectivity index (χ1n) is 6.05. The molecule has 0 aliphatic heterocycles. The number of fused-ring (bicyclic) bond motifs is 1. The van der Waals surface area contributed by atoms with Crippen LogP contribution < -0.4 is 11.4 Å². The van der Waals surface area contributed by atoms with Gasteiger partial charge in [0.25, 0.3) is 0 Å². The average molecular weight is 287 g/mol. The van der Waals surface area contributed by atoms with E-state index in [0.29, 0.717) is 5.92 Å². The average Bonchev–Trinajstić information content (AvgIpc) is 2.37. The van der Waals surface area contributed by atoms with Crippen LogP contribution in [0.15, 0.2) is 39.5 Å². The van der Waals surface area contributed by atoms with Crippen molar-refractivity contribution in [2.75, 3.05) is 6.54 Å². The number of benzene rings is 1. The molecule has 1 aromatic heterocycles. The van der Waals surface area contributed by atoms with Crippen molar-refractivity contribution < 1.29 is 17.6 Å². The molecule has 6 heteroatoms. The number of hydrogen-bond donors (Lipinski definition) is 1. The van der Waals surface area contributed by atoms with E-state index < -0.39 is 17.4 Å². The molecule has 0 aliphatic carbocycles. The molecule has 2 N–H and O–H groups in total. The highest BCUT2D eigenvalue weighted by molar-refractivity contribution is 5.77. The van der Waals surface area contributed by atoms with Gasteiger partial charge in [-0.05, 0) is 36.7 Å². The zero-order chi connectivity index (χ0) is 15.3. The van der Waals surface area contributed by atoms with Crippen molar-refractivity contribution in [3.05, 3.63) is 46.3 Å². The van der Waals surface area contributed by atoms with E-state index in [4.69, 9.17) is 10.2 Å². The molecule has 0 fully saturated rings. The Morgan fingerprint density at radius 2 is 1.80 bits per heavy atom. The smallest absolute Gasteiger partial charge is 0.416 e. The summed E-state index contributed by atoms with van der Waals surface area (Å²) in [6, 6.07) is 5.35. The summed E-state index contributed by atoms with van der Waals surface area (Å²) in [7, 11) is 0. The minimum Gasteiger partial charge on any atom is -0.423 e.